The molecule has 1 atom stereocenters. The van der Waals surface area contributed by atoms with Crippen molar-refractivity contribution in [3.63, 3.8) is 0 Å². The Morgan fingerprint density at radius 2 is 2.17 bits per heavy atom. The number of rotatable bonds is 4. The molecule has 1 aliphatic rings. The molecule has 0 fully saturated rings. The summed E-state index contributed by atoms with van der Waals surface area (Å²) in [6.07, 6.45) is 0.513. The molecule has 0 saturated heterocycles. The number of ether oxygens (including phenoxy) is 1. The van der Waals surface area contributed by atoms with E-state index < -0.39 is 23.8 Å². The van der Waals surface area contributed by atoms with Crippen molar-refractivity contribution in [3.8, 4) is 0 Å². The highest BCUT2D eigenvalue weighted by molar-refractivity contribution is 7.20. The van der Waals surface area contributed by atoms with E-state index in [0.717, 1.165) is 30.0 Å². The van der Waals surface area contributed by atoms with Gasteiger partial charge in [-0.15, -0.1) is 11.3 Å². The second-order valence-electron chi connectivity index (χ2n) is 6.87. The highest BCUT2D eigenvalue weighted by Gasteiger charge is 2.26. The molecule has 1 aromatic carbocycles. The van der Waals surface area contributed by atoms with E-state index in [-0.39, 0.29) is 16.1 Å². The van der Waals surface area contributed by atoms with Crippen molar-refractivity contribution in [1.29, 1.82) is 0 Å². The van der Waals surface area contributed by atoms with Crippen LogP contribution in [0.5, 0.6) is 0 Å². The van der Waals surface area contributed by atoms with Crippen LogP contribution in [0.3, 0.4) is 0 Å². The van der Waals surface area contributed by atoms with E-state index in [1.807, 2.05) is 0 Å². The maximum Gasteiger partial charge on any atom is 0.349 e. The molecule has 0 saturated carbocycles. The first-order chi connectivity index (χ1) is 13.8. The van der Waals surface area contributed by atoms with Crippen LogP contribution in [-0.4, -0.2) is 27.5 Å². The van der Waals surface area contributed by atoms with Gasteiger partial charge >= 0.3 is 5.97 Å². The van der Waals surface area contributed by atoms with Crippen LogP contribution in [-0.2, 0) is 22.5 Å². The molecule has 9 heteroatoms. The topological polar surface area (TPSA) is 90.3 Å². The molecule has 0 unspecified atom stereocenters. The summed E-state index contributed by atoms with van der Waals surface area (Å²) in [5, 5.41) is 2.92. The fourth-order valence-electron chi connectivity index (χ4n) is 3.35. The Morgan fingerprint density at radius 1 is 1.38 bits per heavy atom. The lowest BCUT2D eigenvalue weighted by molar-refractivity contribution is -0.123. The SMILES string of the molecule is Cc1c(C(=O)O[C@H](C)C(=O)Nc2cccc(F)c2)sc2nc3n(c(=O)c12)CCC3. The highest BCUT2D eigenvalue weighted by Crippen LogP contribution is 2.29. The van der Waals surface area contributed by atoms with E-state index in [1.54, 1.807) is 11.5 Å². The Bertz CT molecular complexity index is 1200. The maximum atomic E-state index is 13.2. The molecule has 7 nitrogen and oxygen atoms in total. The summed E-state index contributed by atoms with van der Waals surface area (Å²) in [5.41, 5.74) is 0.627. The first-order valence-electron chi connectivity index (χ1n) is 9.15. The number of aromatic nitrogens is 2. The number of anilines is 1. The number of nitrogens with one attached hydrogen (secondary N) is 1. The number of amides is 1. The lowest BCUT2D eigenvalue weighted by atomic mass is 10.2. The number of carbonyl (C=O) groups is 2. The van der Waals surface area contributed by atoms with E-state index in [1.165, 1.54) is 31.2 Å². The smallest absolute Gasteiger partial charge is 0.349 e. The molecule has 0 aliphatic carbocycles. The van der Waals surface area contributed by atoms with Crippen LogP contribution in [0.25, 0.3) is 10.2 Å². The first kappa shape index (κ1) is 19.3. The fourth-order valence-corrected chi connectivity index (χ4v) is 4.42. The van der Waals surface area contributed by atoms with Crippen LogP contribution in [0.15, 0.2) is 29.1 Å². The zero-order chi connectivity index (χ0) is 20.7. The molecule has 0 radical (unpaired) electrons. The van der Waals surface area contributed by atoms with Crippen LogP contribution < -0.4 is 10.9 Å². The molecule has 29 heavy (non-hydrogen) atoms. The van der Waals surface area contributed by atoms with Crippen LogP contribution in [0.1, 0.15) is 34.4 Å². The number of esters is 1. The first-order valence-corrected chi connectivity index (χ1v) is 9.97. The molecule has 0 bridgehead atoms. The van der Waals surface area contributed by atoms with Gasteiger partial charge in [0.1, 0.15) is 21.3 Å². The normalized spacial score (nSPS) is 13.9. The Hall–Kier alpha value is -3.07. The molecular weight excluding hydrogens is 397 g/mol. The third kappa shape index (κ3) is 3.53. The van der Waals surface area contributed by atoms with Crippen LogP contribution in [0, 0.1) is 12.7 Å². The number of thiophene rings is 1. The summed E-state index contributed by atoms with van der Waals surface area (Å²) in [6, 6.07) is 5.42. The molecule has 1 amide bonds. The largest absolute Gasteiger partial charge is 0.448 e. The van der Waals surface area contributed by atoms with E-state index >= 15 is 0 Å². The molecule has 1 N–H and O–H groups in total. The van der Waals surface area contributed by atoms with Gasteiger partial charge in [0, 0.05) is 18.7 Å². The minimum atomic E-state index is -1.10. The number of halogens is 1. The maximum absolute atomic E-state index is 13.2. The predicted octanol–water partition coefficient (Wildman–Crippen LogP) is 3.04. The molecular formula is C20H18FN3O4S. The van der Waals surface area contributed by atoms with Crippen molar-refractivity contribution in [3.05, 3.63) is 56.7 Å². The lowest BCUT2D eigenvalue weighted by Gasteiger charge is -2.13. The number of hydrogen-bond acceptors (Lipinski definition) is 6. The summed E-state index contributed by atoms with van der Waals surface area (Å²) in [4.78, 5) is 42.9. The summed E-state index contributed by atoms with van der Waals surface area (Å²) >= 11 is 1.09. The number of benzene rings is 1. The predicted molar refractivity (Wildman–Crippen MR) is 107 cm³/mol. The van der Waals surface area contributed by atoms with Crippen molar-refractivity contribution in [1.82, 2.24) is 9.55 Å². The number of hydrogen-bond donors (Lipinski definition) is 1. The van der Waals surface area contributed by atoms with E-state index in [9.17, 15) is 18.8 Å². The second-order valence-corrected chi connectivity index (χ2v) is 7.87. The van der Waals surface area contributed by atoms with Gasteiger partial charge in [-0.3, -0.25) is 14.2 Å². The van der Waals surface area contributed by atoms with Gasteiger partial charge in [-0.05, 0) is 44.0 Å². The molecule has 1 aliphatic heterocycles. The van der Waals surface area contributed by atoms with E-state index in [2.05, 4.69) is 10.3 Å². The molecule has 4 rings (SSSR count). The van der Waals surface area contributed by atoms with Crippen LogP contribution >= 0.6 is 11.3 Å². The van der Waals surface area contributed by atoms with Crippen molar-refractivity contribution < 1.29 is 18.7 Å². The Balaban J connectivity index is 1.54. The zero-order valence-corrected chi connectivity index (χ0v) is 16.6. The fraction of sp³-hybridized carbons (Fsp3) is 0.300. The Morgan fingerprint density at radius 3 is 2.93 bits per heavy atom. The van der Waals surface area contributed by atoms with Crippen molar-refractivity contribution in [2.24, 2.45) is 0 Å². The van der Waals surface area contributed by atoms with E-state index in [0.29, 0.717) is 22.3 Å². The third-order valence-corrected chi connectivity index (χ3v) is 6.01. The van der Waals surface area contributed by atoms with Gasteiger partial charge in [0.05, 0.1) is 5.39 Å². The minimum absolute atomic E-state index is 0.146. The molecule has 2 aromatic heterocycles. The Labute approximate surface area is 169 Å². The summed E-state index contributed by atoms with van der Waals surface area (Å²) in [5.74, 6) is -1.04. The Kier molecular flexibility index (Phi) is 4.91. The number of fused-ring (bicyclic) bond motifs is 2. The van der Waals surface area contributed by atoms with E-state index in [4.69, 9.17) is 4.74 Å². The monoisotopic (exact) mass is 415 g/mol. The molecule has 3 heterocycles. The number of nitrogens with zero attached hydrogens (tertiary/aromatic N) is 2. The summed E-state index contributed by atoms with van der Waals surface area (Å²) < 4.78 is 20.2. The van der Waals surface area contributed by atoms with Crippen LogP contribution in [0.2, 0.25) is 0 Å². The van der Waals surface area contributed by atoms with Crippen molar-refractivity contribution in [2.75, 3.05) is 5.32 Å². The quantitative estimate of drug-likeness (QED) is 0.662. The van der Waals surface area contributed by atoms with Gasteiger partial charge in [-0.1, -0.05) is 6.07 Å². The minimum Gasteiger partial charge on any atom is -0.448 e. The zero-order valence-electron chi connectivity index (χ0n) is 15.8. The van der Waals surface area contributed by atoms with Crippen molar-refractivity contribution in [2.45, 2.75) is 39.3 Å². The van der Waals surface area contributed by atoms with Gasteiger partial charge in [-0.2, -0.15) is 0 Å². The third-order valence-electron chi connectivity index (χ3n) is 4.84. The highest BCUT2D eigenvalue weighted by atomic mass is 32.1. The van der Waals surface area contributed by atoms with Gasteiger partial charge in [0.25, 0.3) is 11.5 Å². The lowest BCUT2D eigenvalue weighted by Crippen LogP contribution is -2.30. The van der Waals surface area contributed by atoms with Crippen LogP contribution in [0.4, 0.5) is 10.1 Å². The molecule has 150 valence electrons. The van der Waals surface area contributed by atoms with Gasteiger partial charge in [-0.25, -0.2) is 14.2 Å². The average molecular weight is 415 g/mol. The average Bonchev–Trinajstić information content (AvgIpc) is 3.27. The second kappa shape index (κ2) is 7.40. The molecule has 3 aromatic rings. The molecule has 0 spiro atoms. The standard InChI is InChI=1S/C20H18FN3O4S/c1-10-15-18(23-14-7-4-8-24(14)19(15)26)29-16(10)20(27)28-11(2)17(25)22-13-6-3-5-12(21)9-13/h3,5-6,9,11H,4,7-8H2,1-2H3,(H,22,25)/t11-/m1/s1. The summed E-state index contributed by atoms with van der Waals surface area (Å²) in [6.45, 7) is 3.73. The van der Waals surface area contributed by atoms with Gasteiger partial charge < -0.3 is 10.1 Å². The number of aryl methyl sites for hydroxylation is 2. The van der Waals surface area contributed by atoms with Gasteiger partial charge in [0.15, 0.2) is 6.10 Å². The van der Waals surface area contributed by atoms with Crippen molar-refractivity contribution >= 4 is 39.1 Å². The van der Waals surface area contributed by atoms with Gasteiger partial charge in [0.2, 0.25) is 0 Å². The number of carbonyl (C=O) groups excluding carboxylic acids is 2. The summed E-state index contributed by atoms with van der Waals surface area (Å²) in [7, 11) is 0.